The van der Waals surface area contributed by atoms with Gasteiger partial charge in [-0.05, 0) is 29.8 Å². The lowest BCUT2D eigenvalue weighted by atomic mass is 10.1. The van der Waals surface area contributed by atoms with Gasteiger partial charge < -0.3 is 10.3 Å². The van der Waals surface area contributed by atoms with Crippen LogP contribution in [0.15, 0.2) is 58.1 Å². The van der Waals surface area contributed by atoms with Crippen LogP contribution in [0, 0.1) is 5.82 Å². The average molecular weight is 341 g/mol. The Morgan fingerprint density at radius 3 is 2.68 bits per heavy atom. The summed E-state index contributed by atoms with van der Waals surface area (Å²) in [5.74, 6) is -0.813. The Labute approximate surface area is 141 Å². The Morgan fingerprint density at radius 2 is 1.96 bits per heavy atom. The minimum absolute atomic E-state index is 0.109. The number of benzene rings is 2. The van der Waals surface area contributed by atoms with Gasteiger partial charge in [-0.1, -0.05) is 24.3 Å². The molecule has 0 saturated heterocycles. The summed E-state index contributed by atoms with van der Waals surface area (Å²) in [7, 11) is 0. The zero-order chi connectivity index (χ0) is 18.0. The molecule has 3 rings (SSSR count). The summed E-state index contributed by atoms with van der Waals surface area (Å²) in [5, 5.41) is 3.02. The van der Waals surface area contributed by atoms with Gasteiger partial charge in [0, 0.05) is 6.92 Å². The Hall–Kier alpha value is -3.22. The van der Waals surface area contributed by atoms with Gasteiger partial charge in [-0.2, -0.15) is 0 Å². The van der Waals surface area contributed by atoms with Gasteiger partial charge in [-0.25, -0.2) is 9.18 Å². The molecule has 0 saturated carbocycles. The number of para-hydroxylation sites is 1. The van der Waals surface area contributed by atoms with Crippen LogP contribution in [0.2, 0.25) is 0 Å². The normalized spacial score (nSPS) is 12.1. The van der Waals surface area contributed by atoms with Crippen LogP contribution in [0.4, 0.5) is 4.39 Å². The fraction of sp³-hybridized carbons (Fsp3) is 0.167. The van der Waals surface area contributed by atoms with Crippen LogP contribution in [-0.4, -0.2) is 15.5 Å². The van der Waals surface area contributed by atoms with E-state index in [9.17, 15) is 18.8 Å². The second-order valence-corrected chi connectivity index (χ2v) is 5.70. The van der Waals surface area contributed by atoms with Crippen molar-refractivity contribution < 1.29 is 9.18 Å². The summed E-state index contributed by atoms with van der Waals surface area (Å²) in [6, 6.07) is 11.6. The number of amides is 1. The van der Waals surface area contributed by atoms with Crippen molar-refractivity contribution in [2.45, 2.75) is 19.5 Å². The molecule has 1 atom stereocenters. The van der Waals surface area contributed by atoms with Crippen LogP contribution in [0.5, 0.6) is 0 Å². The van der Waals surface area contributed by atoms with Crippen LogP contribution in [0.3, 0.4) is 0 Å². The number of carbonyl (C=O) groups is 1. The van der Waals surface area contributed by atoms with E-state index in [-0.39, 0.29) is 12.5 Å². The fourth-order valence-corrected chi connectivity index (χ4v) is 2.75. The third kappa shape index (κ3) is 3.50. The van der Waals surface area contributed by atoms with E-state index in [0.717, 1.165) is 4.57 Å². The first-order valence-electron chi connectivity index (χ1n) is 7.70. The molecule has 1 heterocycles. The van der Waals surface area contributed by atoms with E-state index >= 15 is 0 Å². The van der Waals surface area contributed by atoms with Crippen molar-refractivity contribution >= 4 is 16.8 Å². The third-order valence-electron chi connectivity index (χ3n) is 3.88. The van der Waals surface area contributed by atoms with E-state index in [1.54, 1.807) is 30.3 Å². The smallest absolute Gasteiger partial charge is 0.328 e. The van der Waals surface area contributed by atoms with Gasteiger partial charge >= 0.3 is 5.69 Å². The molecule has 1 unspecified atom stereocenters. The Bertz CT molecular complexity index is 1060. The minimum atomic E-state index is -0.715. The highest BCUT2D eigenvalue weighted by Crippen LogP contribution is 2.16. The van der Waals surface area contributed by atoms with E-state index in [1.165, 1.54) is 25.1 Å². The number of hydrogen-bond acceptors (Lipinski definition) is 3. The van der Waals surface area contributed by atoms with E-state index in [1.807, 2.05) is 0 Å². The molecule has 3 aromatic rings. The van der Waals surface area contributed by atoms with Crippen LogP contribution >= 0.6 is 0 Å². The summed E-state index contributed by atoms with van der Waals surface area (Å²) < 4.78 is 14.5. The number of nitrogens with one attached hydrogen (secondary N) is 2. The lowest BCUT2D eigenvalue weighted by Crippen LogP contribution is -2.40. The predicted octanol–water partition coefficient (Wildman–Crippen LogP) is 1.71. The van der Waals surface area contributed by atoms with Crippen molar-refractivity contribution in [1.82, 2.24) is 14.9 Å². The highest BCUT2D eigenvalue weighted by Gasteiger charge is 2.17. The predicted molar refractivity (Wildman–Crippen MR) is 91.8 cm³/mol. The standard InChI is InChI=1S/C18H16FN3O3/c1-11(23)20-16(12-5-4-6-13(19)9-12)10-22-17(24)14-7-2-3-8-15(14)21-18(22)25/h2-9,16H,10H2,1H3,(H,20,23)(H,21,25). The highest BCUT2D eigenvalue weighted by atomic mass is 19.1. The molecule has 1 aromatic heterocycles. The summed E-state index contributed by atoms with van der Waals surface area (Å²) in [6.45, 7) is 1.21. The molecule has 0 aliphatic rings. The fourth-order valence-electron chi connectivity index (χ4n) is 2.75. The van der Waals surface area contributed by atoms with Gasteiger partial charge in [-0.15, -0.1) is 0 Å². The molecule has 2 aromatic carbocycles. The molecule has 7 heteroatoms. The Kier molecular flexibility index (Phi) is 4.47. The van der Waals surface area contributed by atoms with Crippen molar-refractivity contribution in [2.24, 2.45) is 0 Å². The summed E-state index contributed by atoms with van der Waals surface area (Å²) in [4.78, 5) is 39.1. The molecule has 0 aliphatic carbocycles. The van der Waals surface area contributed by atoms with E-state index < -0.39 is 23.1 Å². The summed E-state index contributed by atoms with van der Waals surface area (Å²) >= 11 is 0. The minimum Gasteiger partial charge on any atom is -0.348 e. The average Bonchev–Trinajstić information content (AvgIpc) is 2.57. The highest BCUT2D eigenvalue weighted by molar-refractivity contribution is 5.77. The lowest BCUT2D eigenvalue weighted by Gasteiger charge is -2.19. The topological polar surface area (TPSA) is 84.0 Å². The van der Waals surface area contributed by atoms with E-state index in [2.05, 4.69) is 10.3 Å². The molecular weight excluding hydrogens is 325 g/mol. The van der Waals surface area contributed by atoms with Crippen molar-refractivity contribution in [3.8, 4) is 0 Å². The molecule has 0 spiro atoms. The number of carbonyl (C=O) groups excluding carboxylic acids is 1. The molecule has 25 heavy (non-hydrogen) atoms. The van der Waals surface area contributed by atoms with Crippen LogP contribution in [0.25, 0.3) is 10.9 Å². The van der Waals surface area contributed by atoms with Gasteiger partial charge in [0.2, 0.25) is 5.91 Å². The SMILES string of the molecule is CC(=O)NC(Cn1c(=O)[nH]c2ccccc2c1=O)c1cccc(F)c1. The number of fused-ring (bicyclic) bond motifs is 1. The third-order valence-corrected chi connectivity index (χ3v) is 3.88. The van der Waals surface area contributed by atoms with Gasteiger partial charge in [0.1, 0.15) is 5.82 Å². The molecule has 0 radical (unpaired) electrons. The molecule has 1 amide bonds. The lowest BCUT2D eigenvalue weighted by molar-refractivity contribution is -0.119. The summed E-state index contributed by atoms with van der Waals surface area (Å²) in [6.07, 6.45) is 0. The number of hydrogen-bond donors (Lipinski definition) is 2. The Morgan fingerprint density at radius 1 is 1.20 bits per heavy atom. The van der Waals surface area contributed by atoms with E-state index in [4.69, 9.17) is 0 Å². The van der Waals surface area contributed by atoms with Crippen LogP contribution in [-0.2, 0) is 11.3 Å². The molecule has 0 aliphatic heterocycles. The van der Waals surface area contributed by atoms with E-state index in [0.29, 0.717) is 16.5 Å². The second kappa shape index (κ2) is 6.72. The van der Waals surface area contributed by atoms with Gasteiger partial charge in [0.25, 0.3) is 5.56 Å². The van der Waals surface area contributed by atoms with Gasteiger partial charge in [-0.3, -0.25) is 14.2 Å². The quantitative estimate of drug-likeness (QED) is 0.758. The maximum absolute atomic E-state index is 13.5. The maximum Gasteiger partial charge on any atom is 0.328 e. The van der Waals surface area contributed by atoms with Crippen molar-refractivity contribution in [3.05, 3.63) is 80.7 Å². The monoisotopic (exact) mass is 341 g/mol. The van der Waals surface area contributed by atoms with Crippen LogP contribution < -0.4 is 16.6 Å². The second-order valence-electron chi connectivity index (χ2n) is 5.70. The summed E-state index contributed by atoms with van der Waals surface area (Å²) in [5.41, 5.74) is -0.146. The molecule has 2 N–H and O–H groups in total. The number of nitrogens with zero attached hydrogens (tertiary/aromatic N) is 1. The molecule has 6 nitrogen and oxygen atoms in total. The first-order valence-corrected chi connectivity index (χ1v) is 7.70. The number of halogens is 1. The first kappa shape index (κ1) is 16.6. The van der Waals surface area contributed by atoms with Crippen molar-refractivity contribution in [1.29, 1.82) is 0 Å². The number of rotatable bonds is 4. The molecular formula is C18H16FN3O3. The Balaban J connectivity index is 2.08. The van der Waals surface area contributed by atoms with Gasteiger partial charge in [0.05, 0.1) is 23.5 Å². The molecule has 0 bridgehead atoms. The number of aromatic amines is 1. The zero-order valence-electron chi connectivity index (χ0n) is 13.5. The zero-order valence-corrected chi connectivity index (χ0v) is 13.5. The number of H-pyrrole nitrogens is 1. The molecule has 0 fully saturated rings. The van der Waals surface area contributed by atoms with Crippen molar-refractivity contribution in [3.63, 3.8) is 0 Å². The largest absolute Gasteiger partial charge is 0.348 e. The molecule has 128 valence electrons. The maximum atomic E-state index is 13.5. The first-order chi connectivity index (χ1) is 12.0. The number of aromatic nitrogens is 2. The van der Waals surface area contributed by atoms with Crippen molar-refractivity contribution in [2.75, 3.05) is 0 Å². The van der Waals surface area contributed by atoms with Gasteiger partial charge in [0.15, 0.2) is 0 Å². The van der Waals surface area contributed by atoms with Crippen LogP contribution in [0.1, 0.15) is 18.5 Å².